The summed E-state index contributed by atoms with van der Waals surface area (Å²) in [6, 6.07) is 48.8. The lowest BCUT2D eigenvalue weighted by Gasteiger charge is -2.23. The number of ether oxygens (including phenoxy) is 2. The van der Waals surface area contributed by atoms with Gasteiger partial charge in [-0.05, 0) is 74.9 Å². The monoisotopic (exact) mass is 870 g/mol. The number of unbranched alkanes of at least 4 members (excludes halogenated alkanes) is 1. The van der Waals surface area contributed by atoms with Crippen LogP contribution in [0.15, 0.2) is 158 Å². The normalized spacial score (nSPS) is 13.8. The number of hydrogen-bond donors (Lipinski definition) is 5. The lowest BCUT2D eigenvalue weighted by molar-refractivity contribution is -0.124. The van der Waals surface area contributed by atoms with Crippen molar-refractivity contribution < 1.29 is 33.8 Å². The second-order valence-electron chi connectivity index (χ2n) is 16.6. The Morgan fingerprint density at radius 1 is 0.477 bits per heavy atom. The van der Waals surface area contributed by atoms with Crippen LogP contribution in [0.3, 0.4) is 0 Å². The fourth-order valence-electron chi connectivity index (χ4n) is 9.04. The molecule has 3 atom stereocenters. The number of nitrogens with one attached hydrogen (secondary N) is 4. The Hall–Kier alpha value is -7.24. The molecular weight excluding hydrogens is 817 g/mol. The number of aliphatic hydroxyl groups excluding tert-OH is 1. The summed E-state index contributed by atoms with van der Waals surface area (Å²) in [6.07, 6.45) is 0.636. The molecule has 0 saturated heterocycles. The zero-order chi connectivity index (χ0) is 45.0. The highest BCUT2D eigenvalue weighted by Gasteiger charge is 2.32. The molecule has 5 N–H and O–H groups in total. The van der Waals surface area contributed by atoms with E-state index in [0.717, 1.165) is 55.6 Å². The van der Waals surface area contributed by atoms with E-state index >= 15 is 0 Å². The summed E-state index contributed by atoms with van der Waals surface area (Å²) in [6.45, 7) is 0.223. The van der Waals surface area contributed by atoms with Crippen molar-refractivity contribution in [2.75, 3.05) is 26.4 Å². The van der Waals surface area contributed by atoms with Gasteiger partial charge in [-0.15, -0.1) is 0 Å². The van der Waals surface area contributed by atoms with E-state index in [4.69, 9.17) is 9.47 Å². The second-order valence-corrected chi connectivity index (χ2v) is 16.6. The van der Waals surface area contributed by atoms with Crippen LogP contribution in [0.1, 0.15) is 64.5 Å². The Morgan fingerprint density at radius 2 is 0.862 bits per heavy atom. The van der Waals surface area contributed by atoms with Crippen molar-refractivity contribution in [2.45, 2.75) is 62.1 Å². The Morgan fingerprint density at radius 3 is 1.28 bits per heavy atom. The molecule has 2 aliphatic rings. The van der Waals surface area contributed by atoms with Crippen molar-refractivity contribution >= 4 is 24.0 Å². The molecule has 8 rings (SSSR count). The molecule has 0 aliphatic heterocycles. The molecule has 11 heteroatoms. The molecule has 65 heavy (non-hydrogen) atoms. The number of carbonyl (C=O) groups excluding carboxylic acids is 4. The lowest BCUT2D eigenvalue weighted by Crippen LogP contribution is -2.51. The molecule has 3 unspecified atom stereocenters. The Bertz CT molecular complexity index is 2490. The van der Waals surface area contributed by atoms with Crippen molar-refractivity contribution in [1.29, 1.82) is 0 Å². The maximum atomic E-state index is 13.8. The smallest absolute Gasteiger partial charge is 0.407 e. The number of fused-ring (bicyclic) bond motifs is 6. The van der Waals surface area contributed by atoms with Gasteiger partial charge < -0.3 is 35.8 Å². The number of rotatable bonds is 19. The summed E-state index contributed by atoms with van der Waals surface area (Å²) in [4.78, 5) is 54.0. The maximum Gasteiger partial charge on any atom is 0.407 e. The van der Waals surface area contributed by atoms with E-state index in [1.54, 1.807) is 0 Å². The standard InChI is InChI=1S/C54H54N4O7/c59-33-38(56-52(61)50(32-37-19-5-2-6-20-37)58-54(63)65-35-48-45-28-13-9-24-41(45)42-25-10-14-29-46(42)48)21-15-16-30-55-51(60)49(31-36-17-3-1-4-18-36)57-53(62)64-34-47-43-26-11-7-22-39(43)40-23-8-12-27-44(40)47/h1-14,17-20,22-29,38,47-50,59H,15-16,21,30-35H2,(H,55,60)(H,56,61)(H,57,62)(H,58,63). The van der Waals surface area contributed by atoms with Gasteiger partial charge in [-0.2, -0.15) is 0 Å². The molecule has 6 aromatic carbocycles. The summed E-state index contributed by atoms with van der Waals surface area (Å²) < 4.78 is 11.6. The summed E-state index contributed by atoms with van der Waals surface area (Å²) in [5.74, 6) is -1.05. The van der Waals surface area contributed by atoms with Crippen molar-refractivity contribution in [3.63, 3.8) is 0 Å². The molecule has 0 spiro atoms. The van der Waals surface area contributed by atoms with Crippen molar-refractivity contribution in [1.82, 2.24) is 21.3 Å². The zero-order valence-electron chi connectivity index (χ0n) is 36.2. The molecule has 0 aromatic heterocycles. The number of amides is 4. The van der Waals surface area contributed by atoms with E-state index in [0.29, 0.717) is 25.8 Å². The van der Waals surface area contributed by atoms with Crippen LogP contribution in [0.5, 0.6) is 0 Å². The van der Waals surface area contributed by atoms with Gasteiger partial charge in [0, 0.05) is 31.2 Å². The highest BCUT2D eigenvalue weighted by atomic mass is 16.6. The SMILES string of the molecule is O=C(NC(Cc1ccccc1)C(=O)NCCCCC(CO)NC(=O)C(Cc1ccccc1)NC(=O)OCC1c2ccccc2-c2ccccc21)OCC1c2ccccc2-c2ccccc21. The van der Waals surface area contributed by atoms with Crippen LogP contribution < -0.4 is 21.3 Å². The fourth-order valence-corrected chi connectivity index (χ4v) is 9.04. The van der Waals surface area contributed by atoms with Gasteiger partial charge in [-0.1, -0.05) is 158 Å². The third kappa shape index (κ3) is 10.9. The number of aliphatic hydroxyl groups is 1. The molecular formula is C54H54N4O7. The van der Waals surface area contributed by atoms with Crippen LogP contribution in [0, 0.1) is 0 Å². The minimum absolute atomic E-state index is 0.105. The van der Waals surface area contributed by atoms with E-state index in [-0.39, 0.29) is 50.4 Å². The van der Waals surface area contributed by atoms with Gasteiger partial charge >= 0.3 is 12.2 Å². The van der Waals surface area contributed by atoms with Crippen molar-refractivity contribution in [3.8, 4) is 22.3 Å². The molecule has 0 fully saturated rings. The number of benzene rings is 6. The first-order valence-electron chi connectivity index (χ1n) is 22.4. The summed E-state index contributed by atoms with van der Waals surface area (Å²) >= 11 is 0. The first-order valence-corrected chi connectivity index (χ1v) is 22.4. The zero-order valence-corrected chi connectivity index (χ0v) is 36.2. The van der Waals surface area contributed by atoms with Gasteiger partial charge in [-0.3, -0.25) is 9.59 Å². The van der Waals surface area contributed by atoms with Crippen molar-refractivity contribution in [3.05, 3.63) is 191 Å². The van der Waals surface area contributed by atoms with Crippen molar-refractivity contribution in [2.24, 2.45) is 0 Å². The number of alkyl carbamates (subject to hydrolysis) is 2. The quantitative estimate of drug-likeness (QED) is 0.0516. The minimum atomic E-state index is -0.966. The first kappa shape index (κ1) is 44.4. The number of hydrogen-bond acceptors (Lipinski definition) is 7. The fraction of sp³-hybridized carbons (Fsp3) is 0.259. The highest BCUT2D eigenvalue weighted by molar-refractivity contribution is 5.87. The largest absolute Gasteiger partial charge is 0.449 e. The van der Waals surface area contributed by atoms with E-state index < -0.39 is 36.2 Å². The van der Waals surface area contributed by atoms with Gasteiger partial charge in [0.25, 0.3) is 0 Å². The third-order valence-corrected chi connectivity index (χ3v) is 12.3. The van der Waals surface area contributed by atoms with E-state index in [1.165, 1.54) is 0 Å². The molecule has 0 bridgehead atoms. The molecule has 0 radical (unpaired) electrons. The van der Waals surface area contributed by atoms with Crippen LogP contribution in [0.25, 0.3) is 22.3 Å². The highest BCUT2D eigenvalue weighted by Crippen LogP contribution is 2.45. The van der Waals surface area contributed by atoms with E-state index in [9.17, 15) is 24.3 Å². The van der Waals surface area contributed by atoms with Gasteiger partial charge in [0.05, 0.1) is 12.6 Å². The third-order valence-electron chi connectivity index (χ3n) is 12.3. The predicted octanol–water partition coefficient (Wildman–Crippen LogP) is 8.05. The minimum Gasteiger partial charge on any atom is -0.449 e. The van der Waals surface area contributed by atoms with E-state index in [2.05, 4.69) is 57.7 Å². The van der Waals surface area contributed by atoms with Gasteiger partial charge in [0.1, 0.15) is 25.3 Å². The second kappa shape index (κ2) is 21.4. The molecule has 332 valence electrons. The summed E-state index contributed by atoms with van der Waals surface area (Å²) in [5.41, 5.74) is 10.6. The Labute approximate surface area is 379 Å². The molecule has 0 saturated carbocycles. The summed E-state index contributed by atoms with van der Waals surface area (Å²) in [7, 11) is 0. The lowest BCUT2D eigenvalue weighted by atomic mass is 9.98. The van der Waals surface area contributed by atoms with Crippen LogP contribution in [-0.2, 0) is 31.9 Å². The topological polar surface area (TPSA) is 155 Å². The molecule has 2 aliphatic carbocycles. The average Bonchev–Trinajstić information content (AvgIpc) is 3.84. The summed E-state index contributed by atoms with van der Waals surface area (Å²) in [5, 5.41) is 21.8. The average molecular weight is 871 g/mol. The number of carbonyl (C=O) groups is 4. The van der Waals surface area contributed by atoms with Crippen LogP contribution in [-0.4, -0.2) is 73.6 Å². The maximum absolute atomic E-state index is 13.8. The van der Waals surface area contributed by atoms with E-state index in [1.807, 2.05) is 121 Å². The van der Waals surface area contributed by atoms with Crippen LogP contribution in [0.4, 0.5) is 9.59 Å². The Balaban J connectivity index is 0.821. The Kier molecular flexibility index (Phi) is 14.6. The van der Waals surface area contributed by atoms with Gasteiger partial charge in [0.15, 0.2) is 0 Å². The molecule has 0 heterocycles. The van der Waals surface area contributed by atoms with Gasteiger partial charge in [-0.25, -0.2) is 9.59 Å². The predicted molar refractivity (Wildman–Crippen MR) is 250 cm³/mol. The van der Waals surface area contributed by atoms with Crippen LogP contribution in [0.2, 0.25) is 0 Å². The molecule has 4 amide bonds. The van der Waals surface area contributed by atoms with Gasteiger partial charge in [0.2, 0.25) is 11.8 Å². The van der Waals surface area contributed by atoms with Crippen LogP contribution >= 0.6 is 0 Å². The first-order chi connectivity index (χ1) is 31.9. The molecule has 6 aromatic rings. The molecule has 11 nitrogen and oxygen atoms in total.